The highest BCUT2D eigenvalue weighted by Crippen LogP contribution is 2.52. The summed E-state index contributed by atoms with van der Waals surface area (Å²) in [5, 5.41) is 1.98. The molecule has 0 bridgehead atoms. The minimum atomic E-state index is -1.21. The molecule has 176 valence electrons. The molecular weight excluding hydrogens is 420 g/mol. The van der Waals surface area contributed by atoms with Crippen LogP contribution in [0.25, 0.3) is 10.8 Å². The van der Waals surface area contributed by atoms with Gasteiger partial charge in [0.2, 0.25) is 0 Å². The third-order valence-corrected chi connectivity index (χ3v) is 6.79. The molecule has 5 rings (SSSR count). The van der Waals surface area contributed by atoms with Gasteiger partial charge in [-0.2, -0.15) is 0 Å². The van der Waals surface area contributed by atoms with E-state index in [1.54, 1.807) is 19.3 Å². The van der Waals surface area contributed by atoms with Crippen molar-refractivity contribution in [2.45, 2.75) is 70.4 Å². The van der Waals surface area contributed by atoms with Gasteiger partial charge in [-0.1, -0.05) is 24.3 Å². The highest BCUT2D eigenvalue weighted by Gasteiger charge is 2.62. The van der Waals surface area contributed by atoms with Crippen LogP contribution in [-0.2, 0) is 19.0 Å². The molecule has 2 aliphatic carbocycles. The van der Waals surface area contributed by atoms with Crippen LogP contribution in [0.5, 0.6) is 11.5 Å². The number of carbonyl (C=O) groups is 1. The average molecular weight is 453 g/mol. The van der Waals surface area contributed by atoms with Crippen LogP contribution in [0, 0.1) is 11.8 Å². The Morgan fingerprint density at radius 3 is 2.15 bits per heavy atom. The zero-order valence-electron chi connectivity index (χ0n) is 19.8. The van der Waals surface area contributed by atoms with Crippen LogP contribution in [0.4, 0.5) is 0 Å². The number of ether oxygens (including phenoxy) is 5. The molecule has 33 heavy (non-hydrogen) atoms. The molecule has 1 heterocycles. The van der Waals surface area contributed by atoms with E-state index in [-0.39, 0.29) is 30.2 Å². The third-order valence-electron chi connectivity index (χ3n) is 6.79. The molecule has 1 saturated carbocycles. The van der Waals surface area contributed by atoms with Gasteiger partial charge in [0, 0.05) is 19.6 Å². The lowest BCUT2D eigenvalue weighted by atomic mass is 9.65. The van der Waals surface area contributed by atoms with E-state index in [1.807, 2.05) is 64.1 Å². The molecule has 0 N–H and O–H groups in total. The largest absolute Gasteiger partial charge is 0.448 e. The van der Waals surface area contributed by atoms with Crippen molar-refractivity contribution in [3.8, 4) is 11.5 Å². The summed E-state index contributed by atoms with van der Waals surface area (Å²) >= 11 is 0. The van der Waals surface area contributed by atoms with Crippen molar-refractivity contribution >= 4 is 16.6 Å². The van der Waals surface area contributed by atoms with E-state index in [0.717, 1.165) is 22.3 Å². The van der Waals surface area contributed by atoms with Crippen molar-refractivity contribution in [2.75, 3.05) is 7.11 Å². The predicted octanol–water partition coefficient (Wildman–Crippen LogP) is 4.68. The fourth-order valence-electron chi connectivity index (χ4n) is 5.66. The summed E-state index contributed by atoms with van der Waals surface area (Å²) in [6.45, 7) is 8.00. The number of benzene rings is 2. The zero-order valence-corrected chi connectivity index (χ0v) is 19.8. The minimum Gasteiger partial charge on any atom is -0.448 e. The summed E-state index contributed by atoms with van der Waals surface area (Å²) in [4.78, 5) is 13.2. The maximum absolute atomic E-state index is 13.2. The van der Waals surface area contributed by atoms with Gasteiger partial charge in [0.25, 0.3) is 5.79 Å². The lowest BCUT2D eigenvalue weighted by Gasteiger charge is -2.54. The molecule has 0 unspecified atom stereocenters. The molecule has 0 saturated heterocycles. The fourth-order valence-corrected chi connectivity index (χ4v) is 5.66. The second kappa shape index (κ2) is 8.42. The Morgan fingerprint density at radius 1 is 0.939 bits per heavy atom. The smallest absolute Gasteiger partial charge is 0.277 e. The van der Waals surface area contributed by atoms with Gasteiger partial charge in [0.05, 0.1) is 47.7 Å². The summed E-state index contributed by atoms with van der Waals surface area (Å²) in [5.41, 5.74) is 0. The van der Waals surface area contributed by atoms with Gasteiger partial charge in [-0.3, -0.25) is 4.79 Å². The van der Waals surface area contributed by atoms with Crippen molar-refractivity contribution in [1.82, 2.24) is 0 Å². The zero-order chi connectivity index (χ0) is 23.3. The van der Waals surface area contributed by atoms with Crippen LogP contribution < -0.4 is 9.47 Å². The van der Waals surface area contributed by atoms with Gasteiger partial charge in [0.1, 0.15) is 11.5 Å². The van der Waals surface area contributed by atoms with Crippen LogP contribution in [0.3, 0.4) is 0 Å². The van der Waals surface area contributed by atoms with Crippen LogP contribution in [0.2, 0.25) is 0 Å². The number of hydrogen-bond acceptors (Lipinski definition) is 6. The maximum Gasteiger partial charge on any atom is 0.277 e. The number of methoxy groups -OCH3 is 1. The SMILES string of the molecule is CO[C@H]1C[C@H](OC(C)C)[C@H](OC(C)C)[C@@H]2[C@H]1C(=O)C=CC21Oc2cccc3cccc(c23)O1. The summed E-state index contributed by atoms with van der Waals surface area (Å²) < 4.78 is 32.0. The normalized spacial score (nSPS) is 29.9. The van der Waals surface area contributed by atoms with Gasteiger partial charge in [-0.25, -0.2) is 0 Å². The van der Waals surface area contributed by atoms with Crippen molar-refractivity contribution in [3.05, 3.63) is 48.6 Å². The van der Waals surface area contributed by atoms with Gasteiger partial charge in [-0.05, 0) is 51.3 Å². The number of allylic oxidation sites excluding steroid dienone is 1. The number of carbonyl (C=O) groups excluding carboxylic acids is 1. The molecule has 6 heteroatoms. The molecule has 1 aliphatic heterocycles. The van der Waals surface area contributed by atoms with E-state index in [9.17, 15) is 4.79 Å². The van der Waals surface area contributed by atoms with E-state index in [1.165, 1.54) is 0 Å². The molecule has 0 radical (unpaired) electrons. The molecule has 1 spiro atoms. The molecule has 0 aromatic heterocycles. The molecule has 3 aliphatic rings. The van der Waals surface area contributed by atoms with Crippen molar-refractivity contribution < 1.29 is 28.5 Å². The maximum atomic E-state index is 13.2. The Balaban J connectivity index is 1.66. The fraction of sp³-hybridized carbons (Fsp3) is 0.519. The first-order chi connectivity index (χ1) is 15.8. The van der Waals surface area contributed by atoms with Gasteiger partial charge in [0.15, 0.2) is 5.78 Å². The first-order valence-corrected chi connectivity index (χ1v) is 11.8. The van der Waals surface area contributed by atoms with E-state index in [0.29, 0.717) is 6.42 Å². The summed E-state index contributed by atoms with van der Waals surface area (Å²) in [6, 6.07) is 11.9. The Labute approximate surface area is 194 Å². The summed E-state index contributed by atoms with van der Waals surface area (Å²) in [5.74, 6) is -0.672. The lowest BCUT2D eigenvalue weighted by molar-refractivity contribution is -0.250. The highest BCUT2D eigenvalue weighted by atomic mass is 16.7. The molecule has 2 aromatic rings. The van der Waals surface area contributed by atoms with Crippen molar-refractivity contribution in [1.29, 1.82) is 0 Å². The van der Waals surface area contributed by atoms with E-state index in [4.69, 9.17) is 23.7 Å². The molecule has 2 aromatic carbocycles. The number of hydrogen-bond donors (Lipinski definition) is 0. The lowest BCUT2D eigenvalue weighted by Crippen LogP contribution is -2.67. The second-order valence-electron chi connectivity index (χ2n) is 9.71. The number of rotatable bonds is 5. The predicted molar refractivity (Wildman–Crippen MR) is 124 cm³/mol. The van der Waals surface area contributed by atoms with Crippen LogP contribution in [-0.4, -0.2) is 49.2 Å². The molecule has 6 nitrogen and oxygen atoms in total. The Hall–Kier alpha value is -2.41. The molecule has 5 atom stereocenters. The van der Waals surface area contributed by atoms with Gasteiger partial charge in [-0.15, -0.1) is 0 Å². The van der Waals surface area contributed by atoms with Crippen LogP contribution in [0.1, 0.15) is 34.1 Å². The molecular formula is C27H32O6. The molecule has 1 fully saturated rings. The Bertz CT molecular complexity index is 1030. The summed E-state index contributed by atoms with van der Waals surface area (Å²) in [7, 11) is 1.65. The number of ketones is 1. The first kappa shape index (κ1) is 22.4. The monoisotopic (exact) mass is 452 g/mol. The topological polar surface area (TPSA) is 63.2 Å². The van der Waals surface area contributed by atoms with E-state index in [2.05, 4.69) is 0 Å². The summed E-state index contributed by atoms with van der Waals surface area (Å²) in [6.07, 6.45) is 2.82. The minimum absolute atomic E-state index is 0.00194. The Morgan fingerprint density at radius 2 is 1.58 bits per heavy atom. The standard InChI is InChI=1S/C27H32O6/c1-15(2)30-22-14-21(29-5)24-18(28)12-13-27(25(24)26(22)31-16(3)4)32-19-10-6-8-17-9-7-11-20(33-27)23(17)19/h6-13,15-16,21-22,24-26H,14H2,1-5H3/t21-,22-,24-,25-,26-/m0/s1. The third kappa shape index (κ3) is 3.74. The van der Waals surface area contributed by atoms with Gasteiger partial charge < -0.3 is 23.7 Å². The number of fused-ring (bicyclic) bond motifs is 2. The molecule has 0 amide bonds. The first-order valence-electron chi connectivity index (χ1n) is 11.8. The van der Waals surface area contributed by atoms with Crippen LogP contribution >= 0.6 is 0 Å². The van der Waals surface area contributed by atoms with Crippen molar-refractivity contribution in [3.63, 3.8) is 0 Å². The average Bonchev–Trinajstić information content (AvgIpc) is 2.77. The van der Waals surface area contributed by atoms with Crippen LogP contribution in [0.15, 0.2) is 48.6 Å². The van der Waals surface area contributed by atoms with E-state index < -0.39 is 23.7 Å². The quantitative estimate of drug-likeness (QED) is 0.656. The van der Waals surface area contributed by atoms with Crippen molar-refractivity contribution in [2.24, 2.45) is 11.8 Å². The highest BCUT2D eigenvalue weighted by molar-refractivity contribution is 5.96. The Kier molecular flexibility index (Phi) is 5.71. The van der Waals surface area contributed by atoms with E-state index >= 15 is 0 Å². The second-order valence-corrected chi connectivity index (χ2v) is 9.71. The van der Waals surface area contributed by atoms with Gasteiger partial charge >= 0.3 is 0 Å².